The molecule has 1 aromatic rings. The first kappa shape index (κ1) is 17.1. The SMILES string of the molecule is CC(C)(C)OC(=O)NCCC=Cc1cc(F)cc(F)c1F. The van der Waals surface area contributed by atoms with Gasteiger partial charge in [0.15, 0.2) is 11.6 Å². The van der Waals surface area contributed by atoms with Crippen LogP contribution in [0.5, 0.6) is 0 Å². The highest BCUT2D eigenvalue weighted by molar-refractivity contribution is 5.67. The molecule has 6 heteroatoms. The van der Waals surface area contributed by atoms with Gasteiger partial charge >= 0.3 is 6.09 Å². The predicted octanol–water partition coefficient (Wildman–Crippen LogP) is 4.03. The van der Waals surface area contributed by atoms with Crippen LogP contribution < -0.4 is 5.32 Å². The van der Waals surface area contributed by atoms with Gasteiger partial charge in [-0.3, -0.25) is 0 Å². The number of carbonyl (C=O) groups excluding carboxylic acids is 1. The van der Waals surface area contributed by atoms with Gasteiger partial charge < -0.3 is 10.1 Å². The topological polar surface area (TPSA) is 38.3 Å². The number of carbonyl (C=O) groups is 1. The Morgan fingerprint density at radius 3 is 2.57 bits per heavy atom. The fraction of sp³-hybridized carbons (Fsp3) is 0.400. The zero-order valence-electron chi connectivity index (χ0n) is 12.2. The van der Waals surface area contributed by atoms with Gasteiger partial charge in [-0.25, -0.2) is 18.0 Å². The number of ether oxygens (including phenoxy) is 1. The lowest BCUT2D eigenvalue weighted by Gasteiger charge is -2.19. The smallest absolute Gasteiger partial charge is 0.407 e. The molecule has 1 rings (SSSR count). The summed E-state index contributed by atoms with van der Waals surface area (Å²) in [4.78, 5) is 11.3. The largest absolute Gasteiger partial charge is 0.444 e. The van der Waals surface area contributed by atoms with Crippen molar-refractivity contribution in [3.63, 3.8) is 0 Å². The zero-order chi connectivity index (χ0) is 16.0. The van der Waals surface area contributed by atoms with Crippen LogP contribution in [-0.4, -0.2) is 18.2 Å². The number of benzene rings is 1. The van der Waals surface area contributed by atoms with Crippen LogP contribution in [-0.2, 0) is 4.74 Å². The van der Waals surface area contributed by atoms with E-state index in [1.165, 1.54) is 12.2 Å². The van der Waals surface area contributed by atoms with Crippen LogP contribution in [0.3, 0.4) is 0 Å². The van der Waals surface area contributed by atoms with E-state index in [-0.39, 0.29) is 12.1 Å². The standard InChI is InChI=1S/C15H18F3NO2/c1-15(2,3)21-14(20)19-7-5-4-6-10-8-11(16)9-12(17)13(10)18/h4,6,8-9H,5,7H2,1-3H3,(H,19,20). The van der Waals surface area contributed by atoms with Gasteiger partial charge in [0.05, 0.1) is 0 Å². The van der Waals surface area contributed by atoms with E-state index < -0.39 is 29.1 Å². The minimum Gasteiger partial charge on any atom is -0.444 e. The number of halogens is 3. The van der Waals surface area contributed by atoms with Crippen molar-refractivity contribution in [2.75, 3.05) is 6.54 Å². The van der Waals surface area contributed by atoms with Crippen molar-refractivity contribution >= 4 is 12.2 Å². The third kappa shape index (κ3) is 6.33. The lowest BCUT2D eigenvalue weighted by atomic mass is 10.1. The summed E-state index contributed by atoms with van der Waals surface area (Å²) < 4.78 is 44.2. The van der Waals surface area contributed by atoms with Crippen molar-refractivity contribution in [1.82, 2.24) is 5.32 Å². The number of rotatable bonds is 4. The second-order valence-electron chi connectivity index (χ2n) is 5.41. The van der Waals surface area contributed by atoms with Crippen LogP contribution in [0.15, 0.2) is 18.2 Å². The van der Waals surface area contributed by atoms with Crippen molar-refractivity contribution in [3.8, 4) is 0 Å². The molecule has 0 fully saturated rings. The summed E-state index contributed by atoms with van der Waals surface area (Å²) in [6, 6.07) is 1.38. The van der Waals surface area contributed by atoms with E-state index in [1.807, 2.05) is 0 Å². The van der Waals surface area contributed by atoms with E-state index >= 15 is 0 Å². The summed E-state index contributed by atoms with van der Waals surface area (Å²) in [5, 5.41) is 2.51. The van der Waals surface area contributed by atoms with E-state index in [0.29, 0.717) is 12.5 Å². The first-order chi connectivity index (χ1) is 9.69. The normalized spacial score (nSPS) is 11.7. The third-order valence-corrected chi connectivity index (χ3v) is 2.30. The third-order valence-electron chi connectivity index (χ3n) is 2.30. The van der Waals surface area contributed by atoms with Crippen LogP contribution >= 0.6 is 0 Å². The molecule has 116 valence electrons. The number of hydrogen-bond acceptors (Lipinski definition) is 2. The monoisotopic (exact) mass is 301 g/mol. The molecule has 0 aliphatic rings. The fourth-order valence-corrected chi connectivity index (χ4v) is 1.48. The van der Waals surface area contributed by atoms with Crippen molar-refractivity contribution in [2.24, 2.45) is 0 Å². The number of amides is 1. The summed E-state index contributed by atoms with van der Waals surface area (Å²) in [6.07, 6.45) is 2.59. The Bertz CT molecular complexity index is 536. The molecule has 1 aromatic carbocycles. The molecule has 21 heavy (non-hydrogen) atoms. The molecule has 0 atom stereocenters. The average Bonchev–Trinajstić information content (AvgIpc) is 2.32. The molecule has 0 unspecified atom stereocenters. The molecule has 0 spiro atoms. The van der Waals surface area contributed by atoms with Crippen LogP contribution in [0.1, 0.15) is 32.8 Å². The molecular weight excluding hydrogens is 283 g/mol. The van der Waals surface area contributed by atoms with Crippen molar-refractivity contribution < 1.29 is 22.7 Å². The summed E-state index contributed by atoms with van der Waals surface area (Å²) in [5.41, 5.74) is -0.757. The zero-order valence-corrected chi connectivity index (χ0v) is 12.2. The lowest BCUT2D eigenvalue weighted by molar-refractivity contribution is 0.0529. The molecule has 0 aliphatic heterocycles. The minimum atomic E-state index is -1.23. The number of alkyl carbamates (subject to hydrolysis) is 1. The van der Waals surface area contributed by atoms with Gasteiger partial charge in [-0.05, 0) is 33.3 Å². The van der Waals surface area contributed by atoms with Gasteiger partial charge in [0, 0.05) is 18.2 Å². The molecule has 0 bridgehead atoms. The van der Waals surface area contributed by atoms with Crippen LogP contribution in [0.2, 0.25) is 0 Å². The molecule has 0 aromatic heterocycles. The highest BCUT2D eigenvalue weighted by Crippen LogP contribution is 2.15. The number of nitrogens with one attached hydrogen (secondary N) is 1. The molecule has 0 saturated heterocycles. The Morgan fingerprint density at radius 2 is 1.95 bits per heavy atom. The van der Waals surface area contributed by atoms with E-state index in [2.05, 4.69) is 5.32 Å². The van der Waals surface area contributed by atoms with Crippen molar-refractivity contribution in [1.29, 1.82) is 0 Å². The molecule has 0 radical (unpaired) electrons. The fourth-order valence-electron chi connectivity index (χ4n) is 1.48. The lowest BCUT2D eigenvalue weighted by Crippen LogP contribution is -2.32. The molecule has 3 nitrogen and oxygen atoms in total. The van der Waals surface area contributed by atoms with Crippen LogP contribution in [0, 0.1) is 17.5 Å². The van der Waals surface area contributed by atoms with Crippen LogP contribution in [0.25, 0.3) is 6.08 Å². The first-order valence-corrected chi connectivity index (χ1v) is 6.47. The predicted molar refractivity (Wildman–Crippen MR) is 74.2 cm³/mol. The van der Waals surface area contributed by atoms with E-state index in [1.54, 1.807) is 20.8 Å². The maximum atomic E-state index is 13.3. The quantitative estimate of drug-likeness (QED) is 0.673. The Hall–Kier alpha value is -1.98. The maximum absolute atomic E-state index is 13.3. The first-order valence-electron chi connectivity index (χ1n) is 6.47. The average molecular weight is 301 g/mol. The molecule has 0 heterocycles. The van der Waals surface area contributed by atoms with E-state index in [4.69, 9.17) is 4.74 Å². The van der Waals surface area contributed by atoms with Gasteiger partial charge in [0.2, 0.25) is 0 Å². The Labute approximate surface area is 121 Å². The van der Waals surface area contributed by atoms with Gasteiger partial charge in [0.1, 0.15) is 11.4 Å². The van der Waals surface area contributed by atoms with Gasteiger partial charge in [-0.2, -0.15) is 0 Å². The molecule has 1 amide bonds. The van der Waals surface area contributed by atoms with Gasteiger partial charge in [0.25, 0.3) is 0 Å². The maximum Gasteiger partial charge on any atom is 0.407 e. The minimum absolute atomic E-state index is 0.176. The van der Waals surface area contributed by atoms with Crippen molar-refractivity contribution in [2.45, 2.75) is 32.8 Å². The van der Waals surface area contributed by atoms with E-state index in [0.717, 1.165) is 6.07 Å². The summed E-state index contributed by atoms with van der Waals surface area (Å²) in [5.74, 6) is -3.19. The molecule has 1 N–H and O–H groups in total. The number of hydrogen-bond donors (Lipinski definition) is 1. The Balaban J connectivity index is 2.45. The molecule has 0 aliphatic carbocycles. The summed E-state index contributed by atoms with van der Waals surface area (Å²) >= 11 is 0. The molecule has 0 saturated carbocycles. The van der Waals surface area contributed by atoms with Gasteiger partial charge in [-0.1, -0.05) is 12.2 Å². The van der Waals surface area contributed by atoms with Crippen LogP contribution in [0.4, 0.5) is 18.0 Å². The Morgan fingerprint density at radius 1 is 1.29 bits per heavy atom. The molecular formula is C15H18F3NO2. The second kappa shape index (κ2) is 7.15. The highest BCUT2D eigenvalue weighted by atomic mass is 19.2. The highest BCUT2D eigenvalue weighted by Gasteiger charge is 2.15. The van der Waals surface area contributed by atoms with E-state index in [9.17, 15) is 18.0 Å². The summed E-state index contributed by atoms with van der Waals surface area (Å²) in [6.45, 7) is 5.50. The van der Waals surface area contributed by atoms with Crippen molar-refractivity contribution in [3.05, 3.63) is 41.2 Å². The Kier molecular flexibility index (Phi) is 5.81. The van der Waals surface area contributed by atoms with Gasteiger partial charge in [-0.15, -0.1) is 0 Å². The second-order valence-corrected chi connectivity index (χ2v) is 5.41. The summed E-state index contributed by atoms with van der Waals surface area (Å²) in [7, 11) is 0.